The molecule has 0 aromatic carbocycles. The maximum absolute atomic E-state index is 11.2. The second-order valence-corrected chi connectivity index (χ2v) is 4.79. The number of nitrogens with zero attached hydrogens (tertiary/aromatic N) is 1. The minimum Gasteiger partial charge on any atom is -0.305 e. The van der Waals surface area contributed by atoms with Gasteiger partial charge < -0.3 is 4.57 Å². The van der Waals surface area contributed by atoms with Gasteiger partial charge in [-0.05, 0) is 11.2 Å². The van der Waals surface area contributed by atoms with Crippen LogP contribution in [0.3, 0.4) is 0 Å². The Morgan fingerprint density at radius 3 is 2.75 bits per heavy atom. The number of hydrogen-bond acceptors (Lipinski definition) is 3. The van der Waals surface area contributed by atoms with Crippen LogP contribution < -0.4 is 4.87 Å². The fraction of sp³-hybridized carbons (Fsp3) is 0.625. The highest BCUT2D eigenvalue weighted by molar-refractivity contribution is 7.80. The molecule has 0 atom stereocenters. The van der Waals surface area contributed by atoms with Gasteiger partial charge in [0.1, 0.15) is 0 Å². The van der Waals surface area contributed by atoms with Gasteiger partial charge in [0, 0.05) is 18.1 Å². The fourth-order valence-corrected chi connectivity index (χ4v) is 1.60. The fourth-order valence-electron chi connectivity index (χ4n) is 0.919. The van der Waals surface area contributed by atoms with Crippen molar-refractivity contribution in [2.24, 2.45) is 5.41 Å². The van der Waals surface area contributed by atoms with Gasteiger partial charge >= 0.3 is 4.87 Å². The van der Waals surface area contributed by atoms with Gasteiger partial charge in [-0.2, -0.15) is 12.6 Å². The van der Waals surface area contributed by atoms with Gasteiger partial charge in [0.15, 0.2) is 0 Å². The van der Waals surface area contributed by atoms with Crippen LogP contribution in [-0.2, 0) is 6.54 Å². The topological polar surface area (TPSA) is 22.0 Å². The van der Waals surface area contributed by atoms with E-state index in [0.29, 0.717) is 0 Å². The number of rotatable bonds is 3. The van der Waals surface area contributed by atoms with Gasteiger partial charge in [0.2, 0.25) is 0 Å². The Morgan fingerprint density at radius 2 is 2.33 bits per heavy atom. The van der Waals surface area contributed by atoms with Crippen molar-refractivity contribution in [2.75, 3.05) is 5.75 Å². The Kier molecular flexibility index (Phi) is 3.01. The van der Waals surface area contributed by atoms with Crippen LogP contribution in [0, 0.1) is 5.41 Å². The summed E-state index contributed by atoms with van der Waals surface area (Å²) in [6.07, 6.45) is 1.83. The maximum Gasteiger partial charge on any atom is 0.307 e. The minimum atomic E-state index is 0.0913. The molecule has 1 aromatic heterocycles. The highest BCUT2D eigenvalue weighted by Gasteiger charge is 2.16. The molecule has 1 heterocycles. The van der Waals surface area contributed by atoms with E-state index in [9.17, 15) is 4.79 Å². The Labute approximate surface area is 81.6 Å². The Balaban J connectivity index is 2.77. The predicted octanol–water partition coefficient (Wildman–Crippen LogP) is 1.87. The van der Waals surface area contributed by atoms with Crippen molar-refractivity contribution in [2.45, 2.75) is 20.4 Å². The third kappa shape index (κ3) is 2.38. The molecule has 2 nitrogen and oxygen atoms in total. The molecule has 0 aliphatic heterocycles. The molecule has 68 valence electrons. The van der Waals surface area contributed by atoms with Crippen molar-refractivity contribution < 1.29 is 0 Å². The van der Waals surface area contributed by atoms with Crippen molar-refractivity contribution in [3.63, 3.8) is 0 Å². The molecule has 0 aliphatic carbocycles. The van der Waals surface area contributed by atoms with E-state index in [-0.39, 0.29) is 10.3 Å². The summed E-state index contributed by atoms with van der Waals surface area (Å²) in [5.41, 5.74) is 0.0913. The van der Waals surface area contributed by atoms with Crippen molar-refractivity contribution in [1.82, 2.24) is 4.57 Å². The lowest BCUT2D eigenvalue weighted by Crippen LogP contribution is -2.26. The molecule has 0 fully saturated rings. The quantitative estimate of drug-likeness (QED) is 0.744. The first-order chi connectivity index (χ1) is 5.55. The second-order valence-electron chi connectivity index (χ2n) is 3.62. The maximum atomic E-state index is 11.2. The summed E-state index contributed by atoms with van der Waals surface area (Å²) in [6.45, 7) is 4.95. The number of aromatic nitrogens is 1. The summed E-state index contributed by atoms with van der Waals surface area (Å²) in [5.74, 6) is 0.787. The van der Waals surface area contributed by atoms with Gasteiger partial charge in [-0.25, -0.2) is 0 Å². The molecular formula is C8H13NOS2. The first kappa shape index (κ1) is 9.86. The molecule has 1 rings (SSSR count). The zero-order valence-electron chi connectivity index (χ0n) is 7.28. The monoisotopic (exact) mass is 203 g/mol. The third-order valence-electron chi connectivity index (χ3n) is 1.67. The molecule has 0 aliphatic rings. The van der Waals surface area contributed by atoms with Crippen LogP contribution in [0.5, 0.6) is 0 Å². The third-order valence-corrected chi connectivity index (χ3v) is 3.22. The molecule has 0 radical (unpaired) electrons. The summed E-state index contributed by atoms with van der Waals surface area (Å²) in [5, 5.41) is 1.82. The summed E-state index contributed by atoms with van der Waals surface area (Å²) in [6, 6.07) is 0. The SMILES string of the molecule is CC(C)(CS)Cn1ccsc1=O. The molecule has 0 amide bonds. The molecule has 0 spiro atoms. The Hall–Kier alpha value is -0.220. The minimum absolute atomic E-state index is 0.0913. The van der Waals surface area contributed by atoms with E-state index in [2.05, 4.69) is 26.5 Å². The largest absolute Gasteiger partial charge is 0.307 e. The Morgan fingerprint density at radius 1 is 1.67 bits per heavy atom. The van der Waals surface area contributed by atoms with E-state index in [0.717, 1.165) is 12.3 Å². The average molecular weight is 203 g/mol. The van der Waals surface area contributed by atoms with Crippen LogP contribution in [0.2, 0.25) is 0 Å². The number of hydrogen-bond donors (Lipinski definition) is 1. The van der Waals surface area contributed by atoms with Crippen LogP contribution in [0.15, 0.2) is 16.4 Å². The van der Waals surface area contributed by atoms with Crippen molar-refractivity contribution in [3.05, 3.63) is 21.2 Å². The molecule has 0 bridgehead atoms. The van der Waals surface area contributed by atoms with Crippen LogP contribution in [-0.4, -0.2) is 10.3 Å². The molecule has 0 saturated carbocycles. The van der Waals surface area contributed by atoms with Crippen molar-refractivity contribution in [3.8, 4) is 0 Å². The molecule has 0 unspecified atom stereocenters. The van der Waals surface area contributed by atoms with Crippen molar-refractivity contribution in [1.29, 1.82) is 0 Å². The smallest absolute Gasteiger partial charge is 0.305 e. The lowest BCUT2D eigenvalue weighted by Gasteiger charge is -2.21. The first-order valence-electron chi connectivity index (χ1n) is 3.80. The molecule has 1 aromatic rings. The number of thiazole rings is 1. The molecular weight excluding hydrogens is 190 g/mol. The van der Waals surface area contributed by atoms with Gasteiger partial charge in [-0.1, -0.05) is 25.2 Å². The average Bonchev–Trinajstić information content (AvgIpc) is 2.36. The molecule has 0 saturated heterocycles. The molecule has 4 heteroatoms. The van der Waals surface area contributed by atoms with Crippen LogP contribution in [0.4, 0.5) is 0 Å². The lowest BCUT2D eigenvalue weighted by molar-refractivity contribution is 0.350. The van der Waals surface area contributed by atoms with Crippen LogP contribution in [0.25, 0.3) is 0 Å². The number of thiol groups is 1. The van der Waals surface area contributed by atoms with Gasteiger partial charge in [-0.3, -0.25) is 4.79 Å². The van der Waals surface area contributed by atoms with Crippen LogP contribution >= 0.6 is 24.0 Å². The first-order valence-corrected chi connectivity index (χ1v) is 5.31. The summed E-state index contributed by atoms with van der Waals surface area (Å²) in [4.78, 5) is 11.3. The van der Waals surface area contributed by atoms with E-state index >= 15 is 0 Å². The van der Waals surface area contributed by atoms with Crippen LogP contribution in [0.1, 0.15) is 13.8 Å². The van der Waals surface area contributed by atoms with Gasteiger partial charge in [0.05, 0.1) is 0 Å². The van der Waals surface area contributed by atoms with Crippen molar-refractivity contribution >= 4 is 24.0 Å². The normalized spacial score (nSPS) is 11.9. The highest BCUT2D eigenvalue weighted by Crippen LogP contribution is 2.18. The summed E-state index contributed by atoms with van der Waals surface area (Å²) in [7, 11) is 0. The Bertz CT molecular complexity index is 300. The zero-order valence-corrected chi connectivity index (χ0v) is 8.99. The standard InChI is InChI=1S/C8H13NOS2/c1-8(2,6-11)5-9-3-4-12-7(9)10/h3-4,11H,5-6H2,1-2H3. The second kappa shape index (κ2) is 3.66. The molecule has 0 N–H and O–H groups in total. The molecule has 12 heavy (non-hydrogen) atoms. The van der Waals surface area contributed by atoms with E-state index < -0.39 is 0 Å². The summed E-state index contributed by atoms with van der Waals surface area (Å²) >= 11 is 5.47. The van der Waals surface area contributed by atoms with Gasteiger partial charge in [-0.15, -0.1) is 0 Å². The highest BCUT2D eigenvalue weighted by atomic mass is 32.1. The summed E-state index contributed by atoms with van der Waals surface area (Å²) < 4.78 is 1.74. The van der Waals surface area contributed by atoms with E-state index in [1.54, 1.807) is 4.57 Å². The zero-order chi connectivity index (χ0) is 9.19. The van der Waals surface area contributed by atoms with Gasteiger partial charge in [0.25, 0.3) is 0 Å². The predicted molar refractivity (Wildman–Crippen MR) is 56.2 cm³/mol. The van der Waals surface area contributed by atoms with E-state index in [1.807, 2.05) is 11.6 Å². The van der Waals surface area contributed by atoms with E-state index in [4.69, 9.17) is 0 Å². The lowest BCUT2D eigenvalue weighted by atomic mass is 9.96. The van der Waals surface area contributed by atoms with E-state index in [1.165, 1.54) is 11.3 Å².